The molecule has 0 spiro atoms. The Hall–Kier alpha value is -1.96. The highest BCUT2D eigenvalue weighted by molar-refractivity contribution is 5.82. The molecule has 1 aliphatic rings. The molecular formula is C15H19N3O4. The number of piperazine rings is 1. The maximum Gasteiger partial charge on any atom is 0.361 e. The molecule has 22 heavy (non-hydrogen) atoms. The second-order valence-electron chi connectivity index (χ2n) is 5.33. The highest BCUT2D eigenvalue weighted by Crippen LogP contribution is 2.26. The van der Waals surface area contributed by atoms with Crippen molar-refractivity contribution >= 4 is 16.8 Å². The Kier molecular flexibility index (Phi) is 4.37. The fourth-order valence-electron chi connectivity index (χ4n) is 2.82. The van der Waals surface area contributed by atoms with E-state index in [9.17, 15) is 15.0 Å². The summed E-state index contributed by atoms with van der Waals surface area (Å²) in [6, 6.07) is 3.62. The van der Waals surface area contributed by atoms with E-state index in [1.807, 2.05) is 11.0 Å². The zero-order chi connectivity index (χ0) is 15.5. The van der Waals surface area contributed by atoms with Gasteiger partial charge in [-0.3, -0.25) is 0 Å². The van der Waals surface area contributed by atoms with E-state index in [0.29, 0.717) is 25.2 Å². The van der Waals surface area contributed by atoms with Gasteiger partial charge < -0.3 is 24.8 Å². The lowest BCUT2D eigenvalue weighted by atomic mass is 10.0. The Morgan fingerprint density at radius 3 is 2.86 bits per heavy atom. The van der Waals surface area contributed by atoms with Gasteiger partial charge in [-0.2, -0.15) is 0 Å². The second-order valence-corrected chi connectivity index (χ2v) is 5.33. The summed E-state index contributed by atoms with van der Waals surface area (Å²) in [7, 11) is 0. The number of anilines is 1. The number of rotatable bonds is 4. The van der Waals surface area contributed by atoms with Crippen molar-refractivity contribution in [3.8, 4) is 0 Å². The van der Waals surface area contributed by atoms with Crippen molar-refractivity contribution in [2.24, 2.45) is 0 Å². The molecule has 3 heterocycles. The number of aromatic nitrogens is 1. The summed E-state index contributed by atoms with van der Waals surface area (Å²) >= 11 is 0. The summed E-state index contributed by atoms with van der Waals surface area (Å²) in [6.07, 6.45) is 0.701. The smallest absolute Gasteiger partial charge is 0.361 e. The molecule has 0 saturated carbocycles. The van der Waals surface area contributed by atoms with Gasteiger partial charge >= 0.3 is 5.63 Å². The highest BCUT2D eigenvalue weighted by Gasteiger charge is 2.22. The number of nitrogens with zero attached hydrogens (tertiary/aromatic N) is 2. The minimum atomic E-state index is -1.41. The number of fused-ring (bicyclic) bond motifs is 1. The molecular weight excluding hydrogens is 286 g/mol. The second kappa shape index (κ2) is 6.43. The molecule has 3 rings (SSSR count). The molecule has 7 nitrogen and oxygen atoms in total. The van der Waals surface area contributed by atoms with Gasteiger partial charge in [-0.05, 0) is 24.1 Å². The van der Waals surface area contributed by atoms with E-state index in [2.05, 4.69) is 10.3 Å². The Morgan fingerprint density at radius 1 is 1.36 bits per heavy atom. The van der Waals surface area contributed by atoms with Crippen LogP contribution in [-0.2, 0) is 6.42 Å². The average molecular weight is 305 g/mol. The van der Waals surface area contributed by atoms with Crippen LogP contribution in [0.3, 0.4) is 0 Å². The first-order valence-corrected chi connectivity index (χ1v) is 7.39. The first-order valence-electron chi connectivity index (χ1n) is 7.39. The van der Waals surface area contributed by atoms with Crippen molar-refractivity contribution in [1.82, 2.24) is 10.3 Å². The molecule has 1 aliphatic heterocycles. The van der Waals surface area contributed by atoms with E-state index >= 15 is 0 Å². The van der Waals surface area contributed by atoms with Gasteiger partial charge in [0.05, 0.1) is 0 Å². The first-order chi connectivity index (χ1) is 10.7. The van der Waals surface area contributed by atoms with Crippen molar-refractivity contribution in [2.45, 2.75) is 19.1 Å². The van der Waals surface area contributed by atoms with Crippen LogP contribution in [0.15, 0.2) is 27.5 Å². The van der Waals surface area contributed by atoms with Crippen LogP contribution in [0.4, 0.5) is 5.69 Å². The van der Waals surface area contributed by atoms with Crippen molar-refractivity contribution in [3.05, 3.63) is 34.3 Å². The lowest BCUT2D eigenvalue weighted by Gasteiger charge is -2.30. The van der Waals surface area contributed by atoms with Crippen molar-refractivity contribution in [2.75, 3.05) is 31.1 Å². The molecule has 0 aromatic carbocycles. The zero-order valence-corrected chi connectivity index (χ0v) is 12.2. The van der Waals surface area contributed by atoms with E-state index in [1.54, 1.807) is 12.3 Å². The van der Waals surface area contributed by atoms with Crippen LogP contribution in [-0.4, -0.2) is 47.7 Å². The van der Waals surface area contributed by atoms with Gasteiger partial charge in [0.1, 0.15) is 5.69 Å². The van der Waals surface area contributed by atoms with Crippen LogP contribution in [0.25, 0.3) is 11.1 Å². The van der Waals surface area contributed by atoms with Crippen molar-refractivity contribution < 1.29 is 14.6 Å². The van der Waals surface area contributed by atoms with Gasteiger partial charge in [0.2, 0.25) is 5.71 Å². The monoisotopic (exact) mass is 305 g/mol. The molecule has 0 bridgehead atoms. The Morgan fingerprint density at radius 2 is 2.14 bits per heavy atom. The third-order valence-electron chi connectivity index (χ3n) is 3.85. The molecule has 0 amide bonds. The number of nitrogens with one attached hydrogen (secondary N) is 1. The number of hydrogen-bond donors (Lipinski definition) is 3. The molecule has 2 aromatic heterocycles. The fourth-order valence-corrected chi connectivity index (χ4v) is 2.82. The predicted molar refractivity (Wildman–Crippen MR) is 81.9 cm³/mol. The van der Waals surface area contributed by atoms with Gasteiger partial charge in [0.15, 0.2) is 6.29 Å². The molecule has 1 fully saturated rings. The molecule has 118 valence electrons. The van der Waals surface area contributed by atoms with E-state index in [-0.39, 0.29) is 12.1 Å². The third-order valence-corrected chi connectivity index (χ3v) is 3.85. The Bertz CT molecular complexity index is 707. The largest absolute Gasteiger partial charge is 0.402 e. The lowest BCUT2D eigenvalue weighted by Crippen LogP contribution is -2.45. The SMILES string of the molecule is O=c1oc2ncccc2c(CCC(O)O)c1N1CCNCC1. The van der Waals surface area contributed by atoms with Crippen LogP contribution in [0.1, 0.15) is 12.0 Å². The van der Waals surface area contributed by atoms with Gasteiger partial charge in [0, 0.05) is 44.2 Å². The van der Waals surface area contributed by atoms with Gasteiger partial charge in [-0.25, -0.2) is 9.78 Å². The normalized spacial score (nSPS) is 15.7. The van der Waals surface area contributed by atoms with E-state index in [4.69, 9.17) is 4.42 Å². The predicted octanol–water partition coefficient (Wildman–Crippen LogP) is -0.159. The average Bonchev–Trinajstić information content (AvgIpc) is 2.53. The van der Waals surface area contributed by atoms with E-state index < -0.39 is 11.9 Å². The standard InChI is InChI=1S/C15H19N3O4/c19-12(20)4-3-10-11-2-1-5-17-14(11)22-15(21)13(10)18-8-6-16-7-9-18/h1-2,5,12,16,19-20H,3-4,6-9H2. The quantitative estimate of drug-likeness (QED) is 0.675. The number of aliphatic hydroxyl groups is 2. The van der Waals surface area contributed by atoms with Gasteiger partial charge in [-0.1, -0.05) is 0 Å². The molecule has 0 unspecified atom stereocenters. The summed E-state index contributed by atoms with van der Waals surface area (Å²) in [5, 5.41) is 22.3. The molecule has 3 N–H and O–H groups in total. The van der Waals surface area contributed by atoms with Crippen LogP contribution < -0.4 is 15.8 Å². The molecule has 0 radical (unpaired) electrons. The van der Waals surface area contributed by atoms with E-state index in [0.717, 1.165) is 24.0 Å². The summed E-state index contributed by atoms with van der Waals surface area (Å²) in [4.78, 5) is 18.5. The first kappa shape index (κ1) is 15.0. The minimum Gasteiger partial charge on any atom is -0.402 e. The number of aliphatic hydroxyl groups excluding tert-OH is 1. The third kappa shape index (κ3) is 2.96. The fraction of sp³-hybridized carbons (Fsp3) is 0.467. The van der Waals surface area contributed by atoms with Crippen LogP contribution in [0.2, 0.25) is 0 Å². The summed E-state index contributed by atoms with van der Waals surface area (Å²) in [5.41, 5.74) is 1.15. The highest BCUT2D eigenvalue weighted by atomic mass is 16.5. The topological polar surface area (TPSA) is 98.8 Å². The Labute approximate surface area is 127 Å². The molecule has 0 aliphatic carbocycles. The molecule has 7 heteroatoms. The number of hydrogen-bond acceptors (Lipinski definition) is 7. The summed E-state index contributed by atoms with van der Waals surface area (Å²) in [5.74, 6) is 0. The minimum absolute atomic E-state index is 0.159. The lowest BCUT2D eigenvalue weighted by molar-refractivity contribution is -0.0446. The van der Waals surface area contributed by atoms with Crippen LogP contribution >= 0.6 is 0 Å². The maximum absolute atomic E-state index is 12.4. The van der Waals surface area contributed by atoms with Crippen molar-refractivity contribution in [1.29, 1.82) is 0 Å². The van der Waals surface area contributed by atoms with Gasteiger partial charge in [-0.15, -0.1) is 0 Å². The Balaban J connectivity index is 2.12. The summed E-state index contributed by atoms with van der Waals surface area (Å²) < 4.78 is 5.34. The molecule has 0 atom stereocenters. The molecule has 1 saturated heterocycles. The van der Waals surface area contributed by atoms with Gasteiger partial charge in [0.25, 0.3) is 0 Å². The van der Waals surface area contributed by atoms with Crippen LogP contribution in [0.5, 0.6) is 0 Å². The van der Waals surface area contributed by atoms with Crippen molar-refractivity contribution in [3.63, 3.8) is 0 Å². The maximum atomic E-state index is 12.4. The molecule has 2 aromatic rings. The van der Waals surface area contributed by atoms with E-state index in [1.165, 1.54) is 0 Å². The number of aryl methyl sites for hydroxylation is 1. The zero-order valence-electron chi connectivity index (χ0n) is 12.2. The summed E-state index contributed by atoms with van der Waals surface area (Å²) in [6.45, 7) is 3.02. The number of pyridine rings is 1. The van der Waals surface area contributed by atoms with Crippen LogP contribution in [0, 0.1) is 0 Å².